The van der Waals surface area contributed by atoms with E-state index in [4.69, 9.17) is 5.11 Å². The van der Waals surface area contributed by atoms with E-state index >= 15 is 0 Å². The maximum atomic E-state index is 10.3. The van der Waals surface area contributed by atoms with Crippen molar-refractivity contribution >= 4 is 5.97 Å². The minimum atomic E-state index is -0.704. The molecule has 3 nitrogen and oxygen atoms in total. The first kappa shape index (κ1) is 20.6. The zero-order valence-electron chi connectivity index (χ0n) is 13.9. The summed E-state index contributed by atoms with van der Waals surface area (Å²) in [5.74, 6) is -0.704. The van der Waals surface area contributed by atoms with Gasteiger partial charge in [0.15, 0.2) is 0 Å². The Hall–Kier alpha value is -1.35. The van der Waals surface area contributed by atoms with Gasteiger partial charge in [-0.3, -0.25) is 4.79 Å². The molecule has 0 saturated heterocycles. The topological polar surface area (TPSA) is 57.5 Å². The first-order valence-electron chi connectivity index (χ1n) is 8.55. The predicted molar refractivity (Wildman–Crippen MR) is 92.9 cm³/mol. The lowest BCUT2D eigenvalue weighted by Crippen LogP contribution is -2.00. The van der Waals surface area contributed by atoms with E-state index in [0.29, 0.717) is 0 Å². The van der Waals surface area contributed by atoms with Crippen LogP contribution in [0.2, 0.25) is 0 Å². The summed E-state index contributed by atoms with van der Waals surface area (Å²) in [6.45, 7) is 2.16. The highest BCUT2D eigenvalue weighted by atomic mass is 16.4. The summed E-state index contributed by atoms with van der Waals surface area (Å²) in [6, 6.07) is 0. The Kier molecular flexibility index (Phi) is 15.0. The number of carbonyl (C=O) groups is 1. The molecule has 0 spiro atoms. The molecule has 22 heavy (non-hydrogen) atoms. The van der Waals surface area contributed by atoms with E-state index in [1.54, 1.807) is 0 Å². The van der Waals surface area contributed by atoms with Gasteiger partial charge in [0.2, 0.25) is 0 Å². The Morgan fingerprint density at radius 3 is 2.55 bits per heavy atom. The molecular weight excluding hydrogens is 276 g/mol. The van der Waals surface area contributed by atoms with Crippen LogP contribution >= 0.6 is 0 Å². The third-order valence-electron chi connectivity index (χ3n) is 3.38. The summed E-state index contributed by atoms with van der Waals surface area (Å²) in [5, 5.41) is 18.2. The van der Waals surface area contributed by atoms with Crippen LogP contribution in [0.5, 0.6) is 0 Å². The van der Waals surface area contributed by atoms with Gasteiger partial charge in [0.1, 0.15) is 0 Å². The highest BCUT2D eigenvalue weighted by Gasteiger charge is 1.96. The Balaban J connectivity index is 3.48. The number of rotatable bonds is 14. The van der Waals surface area contributed by atoms with E-state index in [9.17, 15) is 9.90 Å². The fourth-order valence-corrected chi connectivity index (χ4v) is 2.06. The second-order valence-corrected chi connectivity index (χ2v) is 5.58. The number of aliphatic carboxylic acids is 1. The molecule has 0 bridgehead atoms. The summed E-state index contributed by atoms with van der Waals surface area (Å²) in [5.41, 5.74) is 0. The van der Waals surface area contributed by atoms with Crippen LogP contribution in [0.4, 0.5) is 0 Å². The summed E-state index contributed by atoms with van der Waals surface area (Å²) in [7, 11) is 0. The minimum absolute atomic E-state index is 0.281. The number of aliphatic hydroxyl groups is 1. The lowest BCUT2D eigenvalue weighted by Gasteiger charge is -2.02. The Morgan fingerprint density at radius 1 is 1.00 bits per heavy atom. The summed E-state index contributed by atoms with van der Waals surface area (Å²) < 4.78 is 0. The lowest BCUT2D eigenvalue weighted by molar-refractivity contribution is -0.137. The van der Waals surface area contributed by atoms with Gasteiger partial charge in [-0.2, -0.15) is 0 Å². The standard InChI is InChI=1S/C19H32O3/c1-2-3-12-15-18(20)16-13-10-8-6-4-5-7-9-11-14-17-19(21)22/h4-5,8,10,13,16,18,20H,2-3,6-7,9,11-12,14-15,17H2,1H3,(H,21,22)/b5-4+,10-8+,16-13+. The number of unbranched alkanes of at least 4 members (excludes halogenated alkanes) is 5. The monoisotopic (exact) mass is 308 g/mol. The average molecular weight is 308 g/mol. The van der Waals surface area contributed by atoms with Gasteiger partial charge >= 0.3 is 5.97 Å². The van der Waals surface area contributed by atoms with Crippen LogP contribution in [-0.2, 0) is 4.79 Å². The van der Waals surface area contributed by atoms with Gasteiger partial charge in [-0.1, -0.05) is 69.1 Å². The van der Waals surface area contributed by atoms with Crippen molar-refractivity contribution in [1.82, 2.24) is 0 Å². The van der Waals surface area contributed by atoms with Crippen LogP contribution in [0, 0.1) is 0 Å². The quantitative estimate of drug-likeness (QED) is 0.269. The zero-order chi connectivity index (χ0) is 16.5. The number of hydrogen-bond donors (Lipinski definition) is 2. The molecular formula is C19H32O3. The second-order valence-electron chi connectivity index (χ2n) is 5.58. The van der Waals surface area contributed by atoms with Crippen molar-refractivity contribution in [2.24, 2.45) is 0 Å². The molecule has 3 heteroatoms. The van der Waals surface area contributed by atoms with Gasteiger partial charge in [0.05, 0.1) is 6.10 Å². The van der Waals surface area contributed by atoms with Crippen molar-refractivity contribution in [2.45, 2.75) is 77.2 Å². The molecule has 0 radical (unpaired) electrons. The smallest absolute Gasteiger partial charge is 0.303 e. The van der Waals surface area contributed by atoms with Crippen molar-refractivity contribution < 1.29 is 15.0 Å². The first-order valence-corrected chi connectivity index (χ1v) is 8.55. The third-order valence-corrected chi connectivity index (χ3v) is 3.38. The third kappa shape index (κ3) is 16.7. The summed E-state index contributed by atoms with van der Waals surface area (Å²) in [6.07, 6.45) is 21.0. The zero-order valence-corrected chi connectivity index (χ0v) is 13.9. The van der Waals surface area contributed by atoms with Gasteiger partial charge < -0.3 is 10.2 Å². The Labute approximate surface area is 135 Å². The van der Waals surface area contributed by atoms with Crippen molar-refractivity contribution in [2.75, 3.05) is 0 Å². The van der Waals surface area contributed by atoms with Gasteiger partial charge in [-0.25, -0.2) is 0 Å². The largest absolute Gasteiger partial charge is 0.481 e. The van der Waals surface area contributed by atoms with Crippen LogP contribution in [0.1, 0.15) is 71.1 Å². The van der Waals surface area contributed by atoms with Gasteiger partial charge in [-0.15, -0.1) is 0 Å². The molecule has 1 atom stereocenters. The van der Waals surface area contributed by atoms with Crippen LogP contribution < -0.4 is 0 Å². The van der Waals surface area contributed by atoms with Gasteiger partial charge in [0.25, 0.3) is 0 Å². The minimum Gasteiger partial charge on any atom is -0.481 e. The molecule has 0 aliphatic rings. The Bertz CT molecular complexity index is 343. The van der Waals surface area contributed by atoms with Crippen molar-refractivity contribution in [1.29, 1.82) is 0 Å². The number of carboxylic acids is 1. The Morgan fingerprint density at radius 2 is 1.82 bits per heavy atom. The molecule has 0 aromatic heterocycles. The normalized spacial score (nSPS) is 13.5. The maximum Gasteiger partial charge on any atom is 0.303 e. The fraction of sp³-hybridized carbons (Fsp3) is 0.632. The second kappa shape index (κ2) is 16.0. The van der Waals surface area contributed by atoms with E-state index in [2.05, 4.69) is 25.2 Å². The molecule has 0 fully saturated rings. The van der Waals surface area contributed by atoms with Crippen molar-refractivity contribution in [3.05, 3.63) is 36.5 Å². The molecule has 0 aliphatic heterocycles. The fourth-order valence-electron chi connectivity index (χ4n) is 2.06. The van der Waals surface area contributed by atoms with Crippen LogP contribution in [0.3, 0.4) is 0 Å². The van der Waals surface area contributed by atoms with E-state index in [-0.39, 0.29) is 12.5 Å². The molecule has 0 rings (SSSR count). The van der Waals surface area contributed by atoms with E-state index in [1.807, 2.05) is 18.2 Å². The van der Waals surface area contributed by atoms with E-state index < -0.39 is 5.97 Å². The molecule has 126 valence electrons. The lowest BCUT2D eigenvalue weighted by atomic mass is 10.1. The summed E-state index contributed by atoms with van der Waals surface area (Å²) in [4.78, 5) is 10.3. The number of hydrogen-bond acceptors (Lipinski definition) is 2. The molecule has 2 N–H and O–H groups in total. The van der Waals surface area contributed by atoms with Crippen LogP contribution in [0.15, 0.2) is 36.5 Å². The molecule has 0 aromatic carbocycles. The van der Waals surface area contributed by atoms with Crippen LogP contribution in [-0.4, -0.2) is 22.3 Å². The highest BCUT2D eigenvalue weighted by molar-refractivity contribution is 5.66. The molecule has 0 heterocycles. The maximum absolute atomic E-state index is 10.3. The highest BCUT2D eigenvalue weighted by Crippen LogP contribution is 2.05. The number of allylic oxidation sites excluding steroid dienone is 5. The molecule has 0 saturated carbocycles. The molecule has 0 aromatic rings. The average Bonchev–Trinajstić information content (AvgIpc) is 2.48. The van der Waals surface area contributed by atoms with Crippen LogP contribution in [0.25, 0.3) is 0 Å². The molecule has 1 unspecified atom stereocenters. The van der Waals surface area contributed by atoms with Gasteiger partial charge in [0, 0.05) is 6.42 Å². The van der Waals surface area contributed by atoms with Crippen molar-refractivity contribution in [3.63, 3.8) is 0 Å². The van der Waals surface area contributed by atoms with Gasteiger partial charge in [-0.05, 0) is 32.1 Å². The molecule has 0 amide bonds. The van der Waals surface area contributed by atoms with E-state index in [1.165, 1.54) is 12.8 Å². The molecule has 0 aliphatic carbocycles. The first-order chi connectivity index (χ1) is 10.7. The number of aliphatic hydroxyl groups excluding tert-OH is 1. The predicted octanol–water partition coefficient (Wildman–Crippen LogP) is 5.02. The summed E-state index contributed by atoms with van der Waals surface area (Å²) >= 11 is 0. The van der Waals surface area contributed by atoms with Crippen molar-refractivity contribution in [3.8, 4) is 0 Å². The number of carboxylic acid groups (broad SMARTS) is 1. The SMILES string of the molecule is CCCCCC(O)/C=C/C=C/C/C=C/CCCCCC(=O)O. The van der Waals surface area contributed by atoms with E-state index in [0.717, 1.165) is 44.9 Å².